The molecule has 6 nitrogen and oxygen atoms in total. The van der Waals surface area contributed by atoms with E-state index in [0.717, 1.165) is 16.7 Å². The number of fused-ring (bicyclic) bond motifs is 1. The van der Waals surface area contributed by atoms with E-state index in [1.807, 2.05) is 0 Å². The number of nitrogens with zero attached hydrogens (tertiary/aromatic N) is 3. The van der Waals surface area contributed by atoms with Crippen molar-refractivity contribution in [2.24, 2.45) is 0 Å². The highest BCUT2D eigenvalue weighted by Gasteiger charge is 2.30. The van der Waals surface area contributed by atoms with Crippen molar-refractivity contribution in [1.29, 1.82) is 0 Å². The Kier molecular flexibility index (Phi) is 4.57. The molecule has 0 aliphatic heterocycles. The fraction of sp³-hybridized carbons (Fsp3) is 0.150. The predicted octanol–water partition coefficient (Wildman–Crippen LogP) is 3.27. The first-order valence-corrected chi connectivity index (χ1v) is 8.61. The number of furan rings is 1. The standard InChI is InChI=1S/C20H14F3N3O3/c21-20(22,23)14-5-1-4-13(10-14)11-25-16-7-2-8-24-17(16)18(27)26(19(25)28)12-15-6-3-9-29-15/h1-10H,11-12H2. The third-order valence-electron chi connectivity index (χ3n) is 4.48. The second kappa shape index (κ2) is 7.08. The van der Waals surface area contributed by atoms with Crippen LogP contribution >= 0.6 is 0 Å². The van der Waals surface area contributed by atoms with E-state index in [4.69, 9.17) is 4.42 Å². The molecule has 0 spiro atoms. The highest BCUT2D eigenvalue weighted by atomic mass is 19.4. The number of hydrogen-bond donors (Lipinski definition) is 0. The highest BCUT2D eigenvalue weighted by Crippen LogP contribution is 2.29. The molecule has 9 heteroatoms. The van der Waals surface area contributed by atoms with Gasteiger partial charge in [0.25, 0.3) is 5.56 Å². The summed E-state index contributed by atoms with van der Waals surface area (Å²) in [6.45, 7) is -0.261. The third-order valence-corrected chi connectivity index (χ3v) is 4.48. The van der Waals surface area contributed by atoms with E-state index >= 15 is 0 Å². The number of hydrogen-bond acceptors (Lipinski definition) is 4. The van der Waals surface area contributed by atoms with Crippen LogP contribution in [0.25, 0.3) is 11.0 Å². The molecule has 0 saturated carbocycles. The maximum Gasteiger partial charge on any atom is 0.416 e. The summed E-state index contributed by atoms with van der Waals surface area (Å²) in [7, 11) is 0. The van der Waals surface area contributed by atoms with Gasteiger partial charge in [-0.2, -0.15) is 13.2 Å². The van der Waals surface area contributed by atoms with Crippen molar-refractivity contribution in [3.63, 3.8) is 0 Å². The van der Waals surface area contributed by atoms with Crippen LogP contribution in [-0.2, 0) is 19.3 Å². The van der Waals surface area contributed by atoms with Gasteiger partial charge in [0.05, 0.1) is 30.4 Å². The molecule has 0 amide bonds. The molecule has 0 bridgehead atoms. The Labute approximate surface area is 161 Å². The van der Waals surface area contributed by atoms with Gasteiger partial charge in [-0.1, -0.05) is 12.1 Å². The summed E-state index contributed by atoms with van der Waals surface area (Å²) in [5, 5.41) is 0. The molecule has 0 aliphatic carbocycles. The monoisotopic (exact) mass is 401 g/mol. The molecular formula is C20H14F3N3O3. The van der Waals surface area contributed by atoms with Crippen LogP contribution in [0, 0.1) is 0 Å². The van der Waals surface area contributed by atoms with Gasteiger partial charge in [-0.25, -0.2) is 9.78 Å². The summed E-state index contributed by atoms with van der Waals surface area (Å²) < 4.78 is 46.5. The lowest BCUT2D eigenvalue weighted by atomic mass is 10.1. The number of pyridine rings is 1. The van der Waals surface area contributed by atoms with Gasteiger partial charge < -0.3 is 4.42 Å². The number of aromatic nitrogens is 3. The zero-order valence-corrected chi connectivity index (χ0v) is 14.9. The fourth-order valence-electron chi connectivity index (χ4n) is 3.12. The van der Waals surface area contributed by atoms with E-state index in [0.29, 0.717) is 5.76 Å². The SMILES string of the molecule is O=c1c2ncccc2n(Cc2cccc(C(F)(F)F)c2)c(=O)n1Cc1ccco1. The van der Waals surface area contributed by atoms with E-state index in [9.17, 15) is 22.8 Å². The van der Waals surface area contributed by atoms with Crippen molar-refractivity contribution in [2.45, 2.75) is 19.3 Å². The fourth-order valence-corrected chi connectivity index (χ4v) is 3.12. The van der Waals surface area contributed by atoms with Crippen molar-refractivity contribution < 1.29 is 17.6 Å². The summed E-state index contributed by atoms with van der Waals surface area (Å²) in [6.07, 6.45) is -1.66. The average molecular weight is 401 g/mol. The quantitative estimate of drug-likeness (QED) is 0.526. The normalized spacial score (nSPS) is 11.8. The van der Waals surface area contributed by atoms with Gasteiger partial charge in [0, 0.05) is 6.20 Å². The summed E-state index contributed by atoms with van der Waals surface area (Å²) in [6, 6.07) is 11.1. The van der Waals surface area contributed by atoms with E-state index in [2.05, 4.69) is 4.98 Å². The second-order valence-corrected chi connectivity index (χ2v) is 6.41. The molecule has 3 aromatic heterocycles. The van der Waals surface area contributed by atoms with Crippen LogP contribution in [-0.4, -0.2) is 14.1 Å². The molecule has 0 radical (unpaired) electrons. The lowest BCUT2D eigenvalue weighted by Gasteiger charge is -2.14. The molecule has 0 fully saturated rings. The molecule has 4 aromatic rings. The maximum atomic E-state index is 13.1. The summed E-state index contributed by atoms with van der Waals surface area (Å²) >= 11 is 0. The molecule has 0 atom stereocenters. The Bertz CT molecular complexity index is 1290. The van der Waals surface area contributed by atoms with Crippen molar-refractivity contribution in [2.75, 3.05) is 0 Å². The minimum absolute atomic E-state index is 0.0469. The van der Waals surface area contributed by atoms with Crippen molar-refractivity contribution in [3.8, 4) is 0 Å². The van der Waals surface area contributed by atoms with Gasteiger partial charge in [-0.05, 0) is 42.0 Å². The first-order chi connectivity index (χ1) is 13.8. The molecular weight excluding hydrogens is 387 g/mol. The number of benzene rings is 1. The lowest BCUT2D eigenvalue weighted by Crippen LogP contribution is -2.40. The summed E-state index contributed by atoms with van der Waals surface area (Å²) in [5.41, 5.74) is -1.50. The number of rotatable bonds is 4. The lowest BCUT2D eigenvalue weighted by molar-refractivity contribution is -0.137. The predicted molar refractivity (Wildman–Crippen MR) is 98.6 cm³/mol. The van der Waals surface area contributed by atoms with Gasteiger partial charge in [0.2, 0.25) is 0 Å². The number of halogens is 3. The first-order valence-electron chi connectivity index (χ1n) is 8.61. The van der Waals surface area contributed by atoms with Crippen LogP contribution in [0.3, 0.4) is 0 Å². The van der Waals surface area contributed by atoms with Crippen LogP contribution in [0.1, 0.15) is 16.9 Å². The Morgan fingerprint density at radius 1 is 0.966 bits per heavy atom. The Morgan fingerprint density at radius 2 is 1.79 bits per heavy atom. The molecule has 0 N–H and O–H groups in total. The summed E-state index contributed by atoms with van der Waals surface area (Å²) in [5.74, 6) is 0.394. The Morgan fingerprint density at radius 3 is 2.52 bits per heavy atom. The van der Waals surface area contributed by atoms with Gasteiger partial charge >= 0.3 is 11.9 Å². The van der Waals surface area contributed by atoms with Crippen LogP contribution in [0.5, 0.6) is 0 Å². The zero-order valence-electron chi connectivity index (χ0n) is 14.9. The van der Waals surface area contributed by atoms with E-state index in [1.165, 1.54) is 35.2 Å². The van der Waals surface area contributed by atoms with Crippen molar-refractivity contribution >= 4 is 11.0 Å². The minimum atomic E-state index is -4.50. The first kappa shape index (κ1) is 18.7. The topological polar surface area (TPSA) is 70.0 Å². The smallest absolute Gasteiger partial charge is 0.416 e. The maximum absolute atomic E-state index is 13.1. The van der Waals surface area contributed by atoms with Gasteiger partial charge in [0.15, 0.2) is 5.52 Å². The van der Waals surface area contributed by atoms with Gasteiger partial charge in [-0.15, -0.1) is 0 Å². The number of alkyl halides is 3. The molecule has 29 heavy (non-hydrogen) atoms. The molecule has 4 rings (SSSR count). The molecule has 148 valence electrons. The van der Waals surface area contributed by atoms with E-state index < -0.39 is 23.0 Å². The average Bonchev–Trinajstić information content (AvgIpc) is 3.21. The Balaban J connectivity index is 1.88. The highest BCUT2D eigenvalue weighted by molar-refractivity contribution is 5.73. The third kappa shape index (κ3) is 3.58. The van der Waals surface area contributed by atoms with Crippen LogP contribution in [0.15, 0.2) is 75.0 Å². The van der Waals surface area contributed by atoms with Crippen LogP contribution in [0.4, 0.5) is 13.2 Å². The van der Waals surface area contributed by atoms with Crippen molar-refractivity contribution in [3.05, 3.63) is 98.7 Å². The molecule has 0 saturated heterocycles. The van der Waals surface area contributed by atoms with Crippen molar-refractivity contribution in [1.82, 2.24) is 14.1 Å². The molecule has 1 aromatic carbocycles. The van der Waals surface area contributed by atoms with Gasteiger partial charge in [-0.3, -0.25) is 13.9 Å². The summed E-state index contributed by atoms with van der Waals surface area (Å²) in [4.78, 5) is 29.9. The molecule has 0 unspecified atom stereocenters. The minimum Gasteiger partial charge on any atom is -0.467 e. The molecule has 3 heterocycles. The van der Waals surface area contributed by atoms with Crippen LogP contribution < -0.4 is 11.2 Å². The zero-order chi connectivity index (χ0) is 20.6. The van der Waals surface area contributed by atoms with Gasteiger partial charge in [0.1, 0.15) is 5.76 Å². The molecule has 0 aliphatic rings. The van der Waals surface area contributed by atoms with E-state index in [-0.39, 0.29) is 29.7 Å². The van der Waals surface area contributed by atoms with Crippen LogP contribution in [0.2, 0.25) is 0 Å². The second-order valence-electron chi connectivity index (χ2n) is 6.41. The Hall–Kier alpha value is -3.62. The largest absolute Gasteiger partial charge is 0.467 e. The van der Waals surface area contributed by atoms with E-state index in [1.54, 1.807) is 18.2 Å².